The van der Waals surface area contributed by atoms with Crippen LogP contribution < -0.4 is 5.32 Å². The number of nitrogens with zero attached hydrogens (tertiary/aromatic N) is 3. The predicted octanol–water partition coefficient (Wildman–Crippen LogP) is 2.68. The molecule has 124 valence electrons. The van der Waals surface area contributed by atoms with Crippen molar-refractivity contribution in [2.75, 3.05) is 13.2 Å². The second-order valence-electron chi connectivity index (χ2n) is 5.90. The van der Waals surface area contributed by atoms with Crippen molar-refractivity contribution in [1.29, 1.82) is 0 Å². The molecule has 4 rings (SSSR count). The lowest BCUT2D eigenvalue weighted by molar-refractivity contribution is 0.0853. The summed E-state index contributed by atoms with van der Waals surface area (Å²) in [6, 6.07) is 7.70. The van der Waals surface area contributed by atoms with Gasteiger partial charge in [-0.3, -0.25) is 4.79 Å². The van der Waals surface area contributed by atoms with Crippen LogP contribution in [0.3, 0.4) is 0 Å². The molecule has 1 amide bonds. The lowest BCUT2D eigenvalue weighted by Crippen LogP contribution is -2.32. The van der Waals surface area contributed by atoms with Crippen LogP contribution in [0.4, 0.5) is 0 Å². The number of hydrogen-bond acceptors (Lipinski definition) is 5. The summed E-state index contributed by atoms with van der Waals surface area (Å²) in [5.41, 5.74) is 2.85. The van der Waals surface area contributed by atoms with Crippen molar-refractivity contribution >= 4 is 22.9 Å². The molecule has 0 unspecified atom stereocenters. The fraction of sp³-hybridized carbons (Fsp3) is 0.353. The number of carbonyl (C=O) groups excluding carboxylic acids is 1. The van der Waals surface area contributed by atoms with E-state index < -0.39 is 0 Å². The van der Waals surface area contributed by atoms with Gasteiger partial charge in [0.2, 0.25) is 0 Å². The van der Waals surface area contributed by atoms with Crippen LogP contribution in [-0.4, -0.2) is 39.8 Å². The van der Waals surface area contributed by atoms with E-state index in [0.29, 0.717) is 17.9 Å². The van der Waals surface area contributed by atoms with E-state index in [1.807, 2.05) is 30.5 Å². The average Bonchev–Trinajstić information content (AvgIpc) is 3.31. The smallest absolute Gasteiger partial charge is 0.270 e. The van der Waals surface area contributed by atoms with Crippen molar-refractivity contribution in [2.45, 2.75) is 25.9 Å². The van der Waals surface area contributed by atoms with Crippen molar-refractivity contribution in [3.05, 3.63) is 41.0 Å². The summed E-state index contributed by atoms with van der Waals surface area (Å²) in [5.74, 6) is -0.171. The number of carbonyl (C=O) groups is 1. The van der Waals surface area contributed by atoms with Crippen molar-refractivity contribution in [1.82, 2.24) is 19.9 Å². The van der Waals surface area contributed by atoms with Gasteiger partial charge < -0.3 is 10.1 Å². The van der Waals surface area contributed by atoms with Crippen LogP contribution in [0.5, 0.6) is 0 Å². The second kappa shape index (κ2) is 6.33. The molecule has 1 N–H and O–H groups in total. The van der Waals surface area contributed by atoms with Gasteiger partial charge in [-0.2, -0.15) is 5.10 Å². The Morgan fingerprint density at radius 2 is 2.42 bits per heavy atom. The number of rotatable bonds is 4. The third-order valence-corrected chi connectivity index (χ3v) is 5.02. The van der Waals surface area contributed by atoms with Crippen LogP contribution in [0.2, 0.25) is 0 Å². The first-order chi connectivity index (χ1) is 11.7. The Morgan fingerprint density at radius 3 is 3.17 bits per heavy atom. The predicted molar refractivity (Wildman–Crippen MR) is 92.3 cm³/mol. The van der Waals surface area contributed by atoms with Gasteiger partial charge in [0.15, 0.2) is 5.65 Å². The van der Waals surface area contributed by atoms with Gasteiger partial charge in [0.05, 0.1) is 11.0 Å². The third kappa shape index (κ3) is 2.92. The van der Waals surface area contributed by atoms with Crippen LogP contribution >= 0.6 is 11.3 Å². The molecule has 1 aliphatic rings. The summed E-state index contributed by atoms with van der Waals surface area (Å²) in [4.78, 5) is 17.9. The Hall–Kier alpha value is -2.25. The minimum absolute atomic E-state index is 0.124. The number of aromatic nitrogens is 3. The van der Waals surface area contributed by atoms with Crippen LogP contribution in [-0.2, 0) is 4.74 Å². The normalized spacial score (nSPS) is 17.5. The van der Waals surface area contributed by atoms with Gasteiger partial charge in [-0.25, -0.2) is 9.50 Å². The van der Waals surface area contributed by atoms with E-state index in [1.165, 1.54) is 0 Å². The Labute approximate surface area is 143 Å². The minimum atomic E-state index is -0.171. The van der Waals surface area contributed by atoms with Crippen LogP contribution in [0.1, 0.15) is 29.0 Å². The van der Waals surface area contributed by atoms with Crippen molar-refractivity contribution < 1.29 is 9.53 Å². The maximum Gasteiger partial charge on any atom is 0.270 e. The van der Waals surface area contributed by atoms with Gasteiger partial charge in [-0.1, -0.05) is 6.07 Å². The molecule has 7 heteroatoms. The van der Waals surface area contributed by atoms with E-state index in [2.05, 4.69) is 15.4 Å². The second-order valence-corrected chi connectivity index (χ2v) is 6.85. The number of aryl methyl sites for hydroxylation is 1. The molecule has 1 atom stereocenters. The average molecular weight is 342 g/mol. The molecule has 24 heavy (non-hydrogen) atoms. The quantitative estimate of drug-likeness (QED) is 0.791. The first-order valence-corrected chi connectivity index (χ1v) is 8.90. The van der Waals surface area contributed by atoms with Gasteiger partial charge in [-0.05, 0) is 37.3 Å². The zero-order valence-electron chi connectivity index (χ0n) is 13.4. The van der Waals surface area contributed by atoms with Gasteiger partial charge >= 0.3 is 0 Å². The van der Waals surface area contributed by atoms with E-state index >= 15 is 0 Å². The highest BCUT2D eigenvalue weighted by atomic mass is 32.1. The SMILES string of the molecule is Cc1cc(C(=O)NC[C@H]2CCCO2)nc2cc(-c3cccs3)nn12. The van der Waals surface area contributed by atoms with Crippen LogP contribution in [0.15, 0.2) is 29.6 Å². The molecule has 0 aromatic carbocycles. The summed E-state index contributed by atoms with van der Waals surface area (Å²) < 4.78 is 7.30. The number of ether oxygens (including phenoxy) is 1. The molecule has 3 aromatic heterocycles. The molecule has 6 nitrogen and oxygen atoms in total. The van der Waals surface area contributed by atoms with E-state index in [0.717, 1.165) is 35.7 Å². The number of hydrogen-bond donors (Lipinski definition) is 1. The Balaban J connectivity index is 1.58. The van der Waals surface area contributed by atoms with Gasteiger partial charge in [0.25, 0.3) is 5.91 Å². The lowest BCUT2D eigenvalue weighted by Gasteiger charge is -2.10. The fourth-order valence-corrected chi connectivity index (χ4v) is 3.57. The zero-order chi connectivity index (χ0) is 16.5. The third-order valence-electron chi connectivity index (χ3n) is 4.13. The van der Waals surface area contributed by atoms with E-state index in [4.69, 9.17) is 4.74 Å². The van der Waals surface area contributed by atoms with Crippen LogP contribution in [0, 0.1) is 6.92 Å². The molecule has 0 aliphatic carbocycles. The molecular weight excluding hydrogens is 324 g/mol. The zero-order valence-corrected chi connectivity index (χ0v) is 14.2. The molecule has 0 spiro atoms. The molecule has 4 heterocycles. The Kier molecular flexibility index (Phi) is 4.03. The Morgan fingerprint density at radius 1 is 1.50 bits per heavy atom. The molecule has 0 radical (unpaired) electrons. The largest absolute Gasteiger partial charge is 0.376 e. The topological polar surface area (TPSA) is 68.5 Å². The highest BCUT2D eigenvalue weighted by Gasteiger charge is 2.18. The van der Waals surface area contributed by atoms with Gasteiger partial charge in [0.1, 0.15) is 11.4 Å². The monoisotopic (exact) mass is 342 g/mol. The van der Waals surface area contributed by atoms with Crippen molar-refractivity contribution in [3.63, 3.8) is 0 Å². The first kappa shape index (κ1) is 15.3. The highest BCUT2D eigenvalue weighted by molar-refractivity contribution is 7.13. The highest BCUT2D eigenvalue weighted by Crippen LogP contribution is 2.24. The van der Waals surface area contributed by atoms with Crippen LogP contribution in [0.25, 0.3) is 16.2 Å². The molecular formula is C17H18N4O2S. The molecule has 1 fully saturated rings. The summed E-state index contributed by atoms with van der Waals surface area (Å²) in [7, 11) is 0. The maximum atomic E-state index is 12.4. The van der Waals surface area contributed by atoms with E-state index in [9.17, 15) is 4.79 Å². The maximum absolute atomic E-state index is 12.4. The fourth-order valence-electron chi connectivity index (χ4n) is 2.89. The Bertz CT molecular complexity index is 866. The van der Waals surface area contributed by atoms with Crippen molar-refractivity contribution in [2.24, 2.45) is 0 Å². The summed E-state index contributed by atoms with van der Waals surface area (Å²) in [5, 5.41) is 9.51. The number of amides is 1. The number of thiophene rings is 1. The summed E-state index contributed by atoms with van der Waals surface area (Å²) in [6.45, 7) is 3.24. The molecule has 1 saturated heterocycles. The molecule has 3 aromatic rings. The number of fused-ring (bicyclic) bond motifs is 1. The summed E-state index contributed by atoms with van der Waals surface area (Å²) >= 11 is 1.63. The van der Waals surface area contributed by atoms with E-state index in [-0.39, 0.29) is 12.0 Å². The molecule has 0 bridgehead atoms. The standard InChI is InChI=1S/C17H18N4O2S/c1-11-8-14(17(22)18-10-12-4-2-6-23-12)19-16-9-13(20-21(11)16)15-5-3-7-24-15/h3,5,7-9,12H,2,4,6,10H2,1H3,(H,18,22)/t12-/m1/s1. The lowest BCUT2D eigenvalue weighted by atomic mass is 10.2. The number of nitrogens with one attached hydrogen (secondary N) is 1. The first-order valence-electron chi connectivity index (χ1n) is 8.02. The van der Waals surface area contributed by atoms with E-state index in [1.54, 1.807) is 21.9 Å². The van der Waals surface area contributed by atoms with Gasteiger partial charge in [0, 0.05) is 24.9 Å². The molecule has 0 saturated carbocycles. The minimum Gasteiger partial charge on any atom is -0.376 e. The van der Waals surface area contributed by atoms with Gasteiger partial charge in [-0.15, -0.1) is 11.3 Å². The summed E-state index contributed by atoms with van der Waals surface area (Å²) in [6.07, 6.45) is 2.18. The van der Waals surface area contributed by atoms with Crippen molar-refractivity contribution in [3.8, 4) is 10.6 Å². The molecule has 1 aliphatic heterocycles.